The summed E-state index contributed by atoms with van der Waals surface area (Å²) in [6.45, 7) is 5.32. The van der Waals surface area contributed by atoms with Gasteiger partial charge in [0.25, 0.3) is 5.09 Å². The van der Waals surface area contributed by atoms with E-state index in [2.05, 4.69) is 4.84 Å². The Morgan fingerprint density at radius 1 is 1.43 bits per heavy atom. The van der Waals surface area contributed by atoms with E-state index in [1.54, 1.807) is 6.92 Å². The van der Waals surface area contributed by atoms with Gasteiger partial charge in [0.1, 0.15) is 11.9 Å². The smallest absolute Gasteiger partial charge is 0.294 e. The summed E-state index contributed by atoms with van der Waals surface area (Å²) in [4.78, 5) is 25.4. The zero-order valence-electron chi connectivity index (χ0n) is 8.86. The van der Waals surface area contributed by atoms with E-state index >= 15 is 0 Å². The summed E-state index contributed by atoms with van der Waals surface area (Å²) < 4.78 is 0. The molecule has 14 heavy (non-hydrogen) atoms. The molecule has 0 heterocycles. The van der Waals surface area contributed by atoms with Crippen LogP contribution in [0.4, 0.5) is 0 Å². The number of hydrogen-bond acceptors (Lipinski definition) is 4. The van der Waals surface area contributed by atoms with Crippen LogP contribution in [0.25, 0.3) is 0 Å². The molecule has 0 aliphatic rings. The van der Waals surface area contributed by atoms with Crippen molar-refractivity contribution in [3.05, 3.63) is 10.1 Å². The summed E-state index contributed by atoms with van der Waals surface area (Å²) in [6, 6.07) is 0. The molecule has 1 atom stereocenters. The van der Waals surface area contributed by atoms with E-state index in [-0.39, 0.29) is 11.7 Å². The summed E-state index contributed by atoms with van der Waals surface area (Å²) in [5.74, 6) is 0.236. The lowest BCUT2D eigenvalue weighted by Crippen LogP contribution is -2.14. The minimum atomic E-state index is -0.797. The second-order valence-electron chi connectivity index (χ2n) is 3.65. The van der Waals surface area contributed by atoms with Crippen molar-refractivity contribution in [1.29, 1.82) is 0 Å². The van der Waals surface area contributed by atoms with Gasteiger partial charge in [0.15, 0.2) is 0 Å². The Bertz CT molecular complexity index is 203. The first-order valence-electron chi connectivity index (χ1n) is 4.77. The van der Waals surface area contributed by atoms with Gasteiger partial charge < -0.3 is 4.84 Å². The molecule has 0 rings (SSSR count). The van der Waals surface area contributed by atoms with Gasteiger partial charge in [-0.3, -0.25) is 4.79 Å². The molecule has 0 N–H and O–H groups in total. The number of carbonyl (C=O) groups excluding carboxylic acids is 1. The predicted octanol–water partition coefficient (Wildman–Crippen LogP) is 1.98. The van der Waals surface area contributed by atoms with Gasteiger partial charge in [0.2, 0.25) is 0 Å². The maximum Gasteiger partial charge on any atom is 0.294 e. The minimum absolute atomic E-state index is 0.0433. The van der Waals surface area contributed by atoms with Crippen molar-refractivity contribution in [2.45, 2.75) is 46.1 Å². The number of ketones is 1. The van der Waals surface area contributed by atoms with E-state index < -0.39 is 11.2 Å². The second kappa shape index (κ2) is 6.34. The molecule has 0 unspecified atom stereocenters. The summed E-state index contributed by atoms with van der Waals surface area (Å²) >= 11 is 0. The van der Waals surface area contributed by atoms with Crippen molar-refractivity contribution in [1.82, 2.24) is 0 Å². The Kier molecular flexibility index (Phi) is 5.83. The molecule has 0 fully saturated rings. The highest BCUT2D eigenvalue weighted by molar-refractivity contribution is 5.80. The zero-order valence-corrected chi connectivity index (χ0v) is 8.86. The highest BCUT2D eigenvalue weighted by atomic mass is 17.0. The van der Waals surface area contributed by atoms with Crippen LogP contribution < -0.4 is 0 Å². The van der Waals surface area contributed by atoms with Crippen LogP contribution in [0, 0.1) is 16.0 Å². The lowest BCUT2D eigenvalue weighted by molar-refractivity contribution is -0.767. The second-order valence-corrected chi connectivity index (χ2v) is 3.65. The normalized spacial score (nSPS) is 12.6. The van der Waals surface area contributed by atoms with Gasteiger partial charge in [-0.15, -0.1) is 10.1 Å². The molecule has 0 spiro atoms. The SMILES string of the molecule is CC(C)C(=O)CCC[C@H](C)O[N+](=O)[O-]. The first-order chi connectivity index (χ1) is 6.43. The third-order valence-electron chi connectivity index (χ3n) is 1.94. The van der Waals surface area contributed by atoms with Crippen molar-refractivity contribution in [2.24, 2.45) is 5.92 Å². The third kappa shape index (κ3) is 6.39. The van der Waals surface area contributed by atoms with Crippen molar-refractivity contribution in [3.8, 4) is 0 Å². The van der Waals surface area contributed by atoms with Crippen LogP contribution in [0.5, 0.6) is 0 Å². The van der Waals surface area contributed by atoms with Gasteiger partial charge in [0, 0.05) is 12.3 Å². The molecule has 0 aromatic heterocycles. The van der Waals surface area contributed by atoms with Crippen molar-refractivity contribution >= 4 is 5.78 Å². The third-order valence-corrected chi connectivity index (χ3v) is 1.94. The van der Waals surface area contributed by atoms with Gasteiger partial charge in [-0.05, 0) is 19.8 Å². The Morgan fingerprint density at radius 2 is 2.00 bits per heavy atom. The lowest BCUT2D eigenvalue weighted by Gasteiger charge is -2.08. The summed E-state index contributed by atoms with van der Waals surface area (Å²) in [5, 5.41) is 9.13. The van der Waals surface area contributed by atoms with Crippen LogP contribution in [0.3, 0.4) is 0 Å². The van der Waals surface area contributed by atoms with Crippen LogP contribution in [0.1, 0.15) is 40.0 Å². The quantitative estimate of drug-likeness (QED) is 0.468. The topological polar surface area (TPSA) is 69.4 Å². The molecule has 0 radical (unpaired) electrons. The molecule has 5 heteroatoms. The van der Waals surface area contributed by atoms with Crippen LogP contribution in [0.15, 0.2) is 0 Å². The van der Waals surface area contributed by atoms with E-state index in [0.29, 0.717) is 19.3 Å². The number of rotatable bonds is 7. The van der Waals surface area contributed by atoms with Crippen molar-refractivity contribution < 1.29 is 14.7 Å². The van der Waals surface area contributed by atoms with E-state index in [9.17, 15) is 14.9 Å². The summed E-state index contributed by atoms with van der Waals surface area (Å²) in [7, 11) is 0. The number of carbonyl (C=O) groups is 1. The number of Topliss-reactive ketones (excluding diaryl/α,β-unsaturated/α-hetero) is 1. The number of hydrogen-bond donors (Lipinski definition) is 0. The van der Waals surface area contributed by atoms with Gasteiger partial charge in [-0.1, -0.05) is 13.8 Å². The fourth-order valence-corrected chi connectivity index (χ4v) is 1.05. The minimum Gasteiger partial charge on any atom is -0.311 e. The van der Waals surface area contributed by atoms with Gasteiger partial charge in [-0.2, -0.15) is 0 Å². The molecule has 0 aliphatic carbocycles. The van der Waals surface area contributed by atoms with E-state index in [0.717, 1.165) is 0 Å². The molecule has 0 saturated carbocycles. The fourth-order valence-electron chi connectivity index (χ4n) is 1.05. The van der Waals surface area contributed by atoms with Gasteiger partial charge in [-0.25, -0.2) is 0 Å². The molecule has 0 saturated heterocycles. The molecule has 0 aromatic rings. The highest BCUT2D eigenvalue weighted by Gasteiger charge is 2.10. The Morgan fingerprint density at radius 3 is 2.43 bits per heavy atom. The molecule has 82 valence electrons. The first kappa shape index (κ1) is 12.9. The van der Waals surface area contributed by atoms with Crippen molar-refractivity contribution in [3.63, 3.8) is 0 Å². The van der Waals surface area contributed by atoms with Gasteiger partial charge in [0.05, 0.1) is 0 Å². The zero-order chi connectivity index (χ0) is 11.1. The fraction of sp³-hybridized carbons (Fsp3) is 0.889. The van der Waals surface area contributed by atoms with Crippen LogP contribution >= 0.6 is 0 Å². The average Bonchev–Trinajstić information content (AvgIpc) is 2.02. The molecule has 0 amide bonds. The van der Waals surface area contributed by atoms with Gasteiger partial charge >= 0.3 is 0 Å². The Balaban J connectivity index is 3.54. The molecule has 0 aromatic carbocycles. The molecule has 5 nitrogen and oxygen atoms in total. The number of nitrogens with zero attached hydrogens (tertiary/aromatic N) is 1. The maximum atomic E-state index is 11.2. The van der Waals surface area contributed by atoms with E-state index in [4.69, 9.17) is 0 Å². The van der Waals surface area contributed by atoms with Crippen LogP contribution in [0.2, 0.25) is 0 Å². The maximum absolute atomic E-state index is 11.2. The molecule has 0 bridgehead atoms. The average molecular weight is 203 g/mol. The predicted molar refractivity (Wildman–Crippen MR) is 51.2 cm³/mol. The highest BCUT2D eigenvalue weighted by Crippen LogP contribution is 2.08. The van der Waals surface area contributed by atoms with Crippen molar-refractivity contribution in [2.75, 3.05) is 0 Å². The summed E-state index contributed by atoms with van der Waals surface area (Å²) in [6.07, 6.45) is 1.24. The van der Waals surface area contributed by atoms with E-state index in [1.807, 2.05) is 13.8 Å². The molecule has 0 aliphatic heterocycles. The standard InChI is InChI=1S/C9H17NO4/c1-7(2)9(11)6-4-5-8(3)14-10(12)13/h7-8H,4-6H2,1-3H3/t8-/m0/s1. The Hall–Kier alpha value is -1.13. The lowest BCUT2D eigenvalue weighted by atomic mass is 10.0. The van der Waals surface area contributed by atoms with Crippen LogP contribution in [-0.2, 0) is 9.63 Å². The monoisotopic (exact) mass is 203 g/mol. The summed E-state index contributed by atoms with van der Waals surface area (Å²) in [5.41, 5.74) is 0. The molecular weight excluding hydrogens is 186 g/mol. The van der Waals surface area contributed by atoms with Crippen LogP contribution in [-0.4, -0.2) is 17.0 Å². The molecular formula is C9H17NO4. The Labute approximate surface area is 83.5 Å². The largest absolute Gasteiger partial charge is 0.311 e. The first-order valence-corrected chi connectivity index (χ1v) is 4.77. The van der Waals surface area contributed by atoms with E-state index in [1.165, 1.54) is 0 Å².